The van der Waals surface area contributed by atoms with Gasteiger partial charge in [-0.15, -0.1) is 0 Å². The Kier molecular flexibility index (Phi) is 6.42. The molecule has 1 aliphatic rings. The number of nitrogens with one attached hydrogen (secondary N) is 2. The number of amides is 2. The summed E-state index contributed by atoms with van der Waals surface area (Å²) < 4.78 is 10.5. The predicted octanol–water partition coefficient (Wildman–Crippen LogP) is 3.26. The first-order chi connectivity index (χ1) is 13.9. The van der Waals surface area contributed by atoms with Crippen LogP contribution in [0.4, 0.5) is 0 Å². The molecule has 1 aliphatic carbocycles. The highest BCUT2D eigenvalue weighted by Gasteiger charge is 2.29. The molecule has 2 unspecified atom stereocenters. The lowest BCUT2D eigenvalue weighted by Crippen LogP contribution is -2.50. The number of methoxy groups -OCH3 is 2. The first-order valence-electron chi connectivity index (χ1n) is 9.85. The number of fused-ring (bicyclic) bond motifs is 1. The average Bonchev–Trinajstić information content (AvgIpc) is 3.13. The molecule has 0 saturated heterocycles. The van der Waals surface area contributed by atoms with Gasteiger partial charge in [-0.2, -0.15) is 0 Å². The average molecular weight is 396 g/mol. The number of rotatable bonds is 7. The predicted molar refractivity (Wildman–Crippen MR) is 111 cm³/mol. The summed E-state index contributed by atoms with van der Waals surface area (Å²) in [6.45, 7) is 3.83. The second kappa shape index (κ2) is 8.99. The van der Waals surface area contributed by atoms with Gasteiger partial charge >= 0.3 is 0 Å². The molecule has 2 N–H and O–H groups in total. The van der Waals surface area contributed by atoms with Gasteiger partial charge in [-0.1, -0.05) is 38.1 Å². The van der Waals surface area contributed by atoms with Gasteiger partial charge in [0, 0.05) is 11.6 Å². The normalized spacial score (nSPS) is 16.1. The summed E-state index contributed by atoms with van der Waals surface area (Å²) in [4.78, 5) is 25.8. The Hall–Kier alpha value is -3.02. The molecule has 29 heavy (non-hydrogen) atoms. The van der Waals surface area contributed by atoms with Crippen molar-refractivity contribution >= 4 is 11.8 Å². The highest BCUT2D eigenvalue weighted by Crippen LogP contribution is 2.31. The minimum absolute atomic E-state index is 0.0197. The van der Waals surface area contributed by atoms with Crippen LogP contribution in [0.3, 0.4) is 0 Å². The van der Waals surface area contributed by atoms with Crippen LogP contribution >= 0.6 is 0 Å². The van der Waals surface area contributed by atoms with Crippen LogP contribution in [-0.4, -0.2) is 32.1 Å². The number of aryl methyl sites for hydroxylation is 1. The lowest BCUT2D eigenvalue weighted by molar-refractivity contribution is -0.124. The minimum atomic E-state index is -0.646. The van der Waals surface area contributed by atoms with Gasteiger partial charge in [-0.3, -0.25) is 9.59 Å². The van der Waals surface area contributed by atoms with Gasteiger partial charge in [0.05, 0.1) is 20.3 Å². The van der Waals surface area contributed by atoms with E-state index < -0.39 is 6.04 Å². The third kappa shape index (κ3) is 4.70. The molecule has 0 aromatic heterocycles. The molecule has 154 valence electrons. The maximum Gasteiger partial charge on any atom is 0.252 e. The zero-order valence-corrected chi connectivity index (χ0v) is 17.3. The fraction of sp³-hybridized carbons (Fsp3) is 0.391. The van der Waals surface area contributed by atoms with Crippen molar-refractivity contribution < 1.29 is 19.1 Å². The number of ether oxygens (including phenoxy) is 2. The Morgan fingerprint density at radius 1 is 1.03 bits per heavy atom. The highest BCUT2D eigenvalue weighted by atomic mass is 16.5. The SMILES string of the molecule is COc1cc(OC)cc(C(=O)NC(C(=O)NC2CCc3ccccc32)C(C)C)c1. The molecule has 2 aromatic carbocycles. The summed E-state index contributed by atoms with van der Waals surface area (Å²) in [6.07, 6.45) is 1.82. The summed E-state index contributed by atoms with van der Waals surface area (Å²) in [7, 11) is 3.06. The Balaban J connectivity index is 1.73. The summed E-state index contributed by atoms with van der Waals surface area (Å²) >= 11 is 0. The van der Waals surface area contributed by atoms with Crippen LogP contribution in [-0.2, 0) is 11.2 Å². The van der Waals surface area contributed by atoms with E-state index in [0.717, 1.165) is 18.4 Å². The van der Waals surface area contributed by atoms with Gasteiger partial charge in [0.25, 0.3) is 5.91 Å². The third-order valence-corrected chi connectivity index (χ3v) is 5.30. The lowest BCUT2D eigenvalue weighted by Gasteiger charge is -2.24. The minimum Gasteiger partial charge on any atom is -0.497 e. The molecule has 6 nitrogen and oxygen atoms in total. The molecule has 2 aromatic rings. The number of carbonyl (C=O) groups excluding carboxylic acids is 2. The summed E-state index contributed by atoms with van der Waals surface area (Å²) in [5, 5.41) is 5.99. The molecule has 0 fully saturated rings. The second-order valence-electron chi connectivity index (χ2n) is 7.60. The molecule has 3 rings (SSSR count). The quantitative estimate of drug-likeness (QED) is 0.753. The van der Waals surface area contributed by atoms with Crippen molar-refractivity contribution in [3.63, 3.8) is 0 Å². The van der Waals surface area contributed by atoms with Crippen molar-refractivity contribution in [2.45, 2.75) is 38.8 Å². The second-order valence-corrected chi connectivity index (χ2v) is 7.60. The Labute approximate surface area is 171 Å². The third-order valence-electron chi connectivity index (χ3n) is 5.30. The van der Waals surface area contributed by atoms with Crippen LogP contribution in [0.25, 0.3) is 0 Å². The first-order valence-corrected chi connectivity index (χ1v) is 9.85. The van der Waals surface area contributed by atoms with Gasteiger partial charge in [0.1, 0.15) is 17.5 Å². The van der Waals surface area contributed by atoms with E-state index in [-0.39, 0.29) is 23.8 Å². The van der Waals surface area contributed by atoms with Crippen LogP contribution in [0.2, 0.25) is 0 Å². The maximum absolute atomic E-state index is 13.0. The van der Waals surface area contributed by atoms with E-state index in [0.29, 0.717) is 17.1 Å². The highest BCUT2D eigenvalue weighted by molar-refractivity contribution is 5.98. The van der Waals surface area contributed by atoms with E-state index in [2.05, 4.69) is 22.8 Å². The monoisotopic (exact) mass is 396 g/mol. The zero-order chi connectivity index (χ0) is 21.0. The number of hydrogen-bond acceptors (Lipinski definition) is 4. The molecular weight excluding hydrogens is 368 g/mol. The van der Waals surface area contributed by atoms with E-state index in [1.165, 1.54) is 19.8 Å². The number of hydrogen-bond donors (Lipinski definition) is 2. The van der Waals surface area contributed by atoms with Gasteiger partial charge < -0.3 is 20.1 Å². The van der Waals surface area contributed by atoms with Gasteiger partial charge in [-0.25, -0.2) is 0 Å². The van der Waals surface area contributed by atoms with Crippen LogP contribution in [0.1, 0.15) is 47.8 Å². The smallest absolute Gasteiger partial charge is 0.252 e. The zero-order valence-electron chi connectivity index (χ0n) is 17.3. The summed E-state index contributed by atoms with van der Waals surface area (Å²) in [5.41, 5.74) is 2.81. The van der Waals surface area contributed by atoms with E-state index >= 15 is 0 Å². The fourth-order valence-corrected chi connectivity index (χ4v) is 3.67. The van der Waals surface area contributed by atoms with Crippen LogP contribution in [0.15, 0.2) is 42.5 Å². The van der Waals surface area contributed by atoms with Crippen molar-refractivity contribution in [1.82, 2.24) is 10.6 Å². The molecule has 2 atom stereocenters. The first kappa shape index (κ1) is 20.7. The van der Waals surface area contributed by atoms with Gasteiger partial charge in [0.2, 0.25) is 5.91 Å². The summed E-state index contributed by atoms with van der Waals surface area (Å²) in [6, 6.07) is 12.4. The van der Waals surface area contributed by atoms with Crippen molar-refractivity contribution in [3.8, 4) is 11.5 Å². The van der Waals surface area contributed by atoms with Crippen molar-refractivity contribution in [2.24, 2.45) is 5.92 Å². The molecule has 0 bridgehead atoms. The number of carbonyl (C=O) groups is 2. The Morgan fingerprint density at radius 2 is 1.69 bits per heavy atom. The van der Waals surface area contributed by atoms with Crippen molar-refractivity contribution in [1.29, 1.82) is 0 Å². The molecule has 0 radical (unpaired) electrons. The lowest BCUT2D eigenvalue weighted by atomic mass is 10.0. The van der Waals surface area contributed by atoms with Crippen molar-refractivity contribution in [3.05, 3.63) is 59.2 Å². The van der Waals surface area contributed by atoms with E-state index in [1.54, 1.807) is 18.2 Å². The topological polar surface area (TPSA) is 76.7 Å². The van der Waals surface area contributed by atoms with E-state index in [1.807, 2.05) is 26.0 Å². The Bertz CT molecular complexity index is 872. The van der Waals surface area contributed by atoms with E-state index in [9.17, 15) is 9.59 Å². The van der Waals surface area contributed by atoms with E-state index in [4.69, 9.17) is 9.47 Å². The fourth-order valence-electron chi connectivity index (χ4n) is 3.67. The van der Waals surface area contributed by atoms with Crippen LogP contribution < -0.4 is 20.1 Å². The van der Waals surface area contributed by atoms with Gasteiger partial charge in [0.15, 0.2) is 0 Å². The molecule has 0 aliphatic heterocycles. The van der Waals surface area contributed by atoms with Crippen LogP contribution in [0.5, 0.6) is 11.5 Å². The standard InChI is InChI=1S/C23H28N2O4/c1-14(2)21(23(27)24-20-10-9-15-7-5-6-8-19(15)20)25-22(26)16-11-17(28-3)13-18(12-16)29-4/h5-8,11-14,20-21H,9-10H2,1-4H3,(H,24,27)(H,25,26). The molecule has 0 spiro atoms. The molecule has 6 heteroatoms. The van der Waals surface area contributed by atoms with Gasteiger partial charge in [-0.05, 0) is 42.0 Å². The van der Waals surface area contributed by atoms with Crippen molar-refractivity contribution in [2.75, 3.05) is 14.2 Å². The maximum atomic E-state index is 13.0. The Morgan fingerprint density at radius 3 is 2.31 bits per heavy atom. The van der Waals surface area contributed by atoms with Crippen LogP contribution in [0, 0.1) is 5.92 Å². The number of benzene rings is 2. The molecular formula is C23H28N2O4. The molecule has 0 heterocycles. The molecule has 2 amide bonds. The molecule has 0 saturated carbocycles. The largest absolute Gasteiger partial charge is 0.497 e. The summed E-state index contributed by atoms with van der Waals surface area (Å²) in [5.74, 6) is 0.445.